The number of hydrogen-bond donors (Lipinski definition) is 2. The first-order valence-corrected chi connectivity index (χ1v) is 6.17. The quantitative estimate of drug-likeness (QED) is 0.491. The minimum Gasteiger partial charge on any atom is -0.464 e. The molecular weight excluding hydrogens is 325 g/mol. The van der Waals surface area contributed by atoms with E-state index < -0.39 is 17.9 Å². The van der Waals surface area contributed by atoms with Crippen LogP contribution < -0.4 is 11.1 Å². The van der Waals surface area contributed by atoms with Gasteiger partial charge in [-0.3, -0.25) is 4.79 Å². The third-order valence-corrected chi connectivity index (χ3v) is 2.62. The Morgan fingerprint density at radius 1 is 1.67 bits per heavy atom. The molecule has 1 aromatic rings. The molecule has 1 amide bonds. The number of carbonyl (C=O) groups excluding carboxylic acids is 2. The van der Waals surface area contributed by atoms with Crippen molar-refractivity contribution in [1.82, 2.24) is 4.98 Å². The smallest absolute Gasteiger partial charge is 0.332 e. The van der Waals surface area contributed by atoms with Gasteiger partial charge in [-0.15, -0.1) is 0 Å². The zero-order chi connectivity index (χ0) is 13.7. The fourth-order valence-electron chi connectivity index (χ4n) is 1.06. The molecule has 0 saturated heterocycles. The molecule has 1 atom stereocenters. The lowest BCUT2D eigenvalue weighted by molar-refractivity contribution is -0.146. The highest BCUT2D eigenvalue weighted by Crippen LogP contribution is 2.22. The number of amides is 1. The van der Waals surface area contributed by atoms with Gasteiger partial charge in [-0.1, -0.05) is 11.6 Å². The highest BCUT2D eigenvalue weighted by Gasteiger charge is 2.24. The summed E-state index contributed by atoms with van der Waals surface area (Å²) in [5.41, 5.74) is 5.68. The fraction of sp³-hybridized carbons (Fsp3) is 0.300. The Hall–Kier alpha value is -1.18. The Morgan fingerprint density at radius 2 is 2.33 bits per heavy atom. The molecule has 0 aliphatic rings. The van der Waals surface area contributed by atoms with Crippen LogP contribution in [-0.2, 0) is 14.3 Å². The Bertz CT molecular complexity index is 470. The SMILES string of the molecule is CCOC(=O)C(N)C(=O)Nc1cc(Br)cnc1Cl. The van der Waals surface area contributed by atoms with Crippen molar-refractivity contribution in [3.8, 4) is 0 Å². The molecule has 1 heterocycles. The fourth-order valence-corrected chi connectivity index (χ4v) is 1.54. The zero-order valence-corrected chi connectivity index (χ0v) is 11.8. The van der Waals surface area contributed by atoms with E-state index in [1.807, 2.05) is 0 Å². The summed E-state index contributed by atoms with van der Waals surface area (Å²) in [6.45, 7) is 1.77. The maximum atomic E-state index is 11.7. The van der Waals surface area contributed by atoms with Gasteiger partial charge in [0, 0.05) is 10.7 Å². The number of nitrogens with zero attached hydrogens (tertiary/aromatic N) is 1. The Kier molecular flexibility index (Phi) is 5.52. The van der Waals surface area contributed by atoms with Crippen LogP contribution in [0, 0.1) is 0 Å². The molecule has 1 aromatic heterocycles. The highest BCUT2D eigenvalue weighted by molar-refractivity contribution is 9.10. The van der Waals surface area contributed by atoms with Crippen molar-refractivity contribution in [3.05, 3.63) is 21.9 Å². The van der Waals surface area contributed by atoms with Crippen molar-refractivity contribution >= 4 is 45.1 Å². The molecule has 98 valence electrons. The maximum Gasteiger partial charge on any atom is 0.332 e. The molecule has 0 fully saturated rings. The van der Waals surface area contributed by atoms with E-state index in [-0.39, 0.29) is 17.4 Å². The number of ether oxygens (including phenoxy) is 1. The van der Waals surface area contributed by atoms with E-state index in [1.54, 1.807) is 13.0 Å². The number of nitrogens with two attached hydrogens (primary N) is 1. The van der Waals surface area contributed by atoms with Crippen molar-refractivity contribution in [2.24, 2.45) is 5.73 Å². The van der Waals surface area contributed by atoms with Gasteiger partial charge in [0.2, 0.25) is 0 Å². The van der Waals surface area contributed by atoms with Gasteiger partial charge in [0.1, 0.15) is 0 Å². The number of halogens is 2. The van der Waals surface area contributed by atoms with Crippen LogP contribution in [0.3, 0.4) is 0 Å². The maximum absolute atomic E-state index is 11.7. The minimum absolute atomic E-state index is 0.0996. The number of pyridine rings is 1. The van der Waals surface area contributed by atoms with Crippen LogP contribution in [0.4, 0.5) is 5.69 Å². The van der Waals surface area contributed by atoms with E-state index in [4.69, 9.17) is 17.3 Å². The molecule has 1 rings (SSSR count). The van der Waals surface area contributed by atoms with Crippen LogP contribution in [-0.4, -0.2) is 29.5 Å². The monoisotopic (exact) mass is 335 g/mol. The lowest BCUT2D eigenvalue weighted by Gasteiger charge is -2.11. The molecule has 18 heavy (non-hydrogen) atoms. The lowest BCUT2D eigenvalue weighted by atomic mass is 10.3. The average molecular weight is 337 g/mol. The molecule has 0 radical (unpaired) electrons. The van der Waals surface area contributed by atoms with Crippen molar-refractivity contribution in [1.29, 1.82) is 0 Å². The Balaban J connectivity index is 2.75. The van der Waals surface area contributed by atoms with E-state index in [9.17, 15) is 9.59 Å². The summed E-state index contributed by atoms with van der Waals surface area (Å²) in [7, 11) is 0. The first-order chi connectivity index (χ1) is 8.45. The second-order valence-electron chi connectivity index (χ2n) is 3.21. The van der Waals surface area contributed by atoms with Gasteiger partial charge in [-0.2, -0.15) is 0 Å². The van der Waals surface area contributed by atoms with E-state index in [1.165, 1.54) is 6.20 Å². The molecule has 0 spiro atoms. The summed E-state index contributed by atoms with van der Waals surface area (Å²) in [6.07, 6.45) is 1.48. The minimum atomic E-state index is -1.40. The third kappa shape index (κ3) is 3.94. The summed E-state index contributed by atoms with van der Waals surface area (Å²) in [5.74, 6) is -1.51. The van der Waals surface area contributed by atoms with Gasteiger partial charge in [0.05, 0.1) is 12.3 Å². The van der Waals surface area contributed by atoms with Crippen LogP contribution in [0.5, 0.6) is 0 Å². The highest BCUT2D eigenvalue weighted by atomic mass is 79.9. The van der Waals surface area contributed by atoms with E-state index in [2.05, 4.69) is 31.0 Å². The number of hydrogen-bond acceptors (Lipinski definition) is 5. The molecule has 6 nitrogen and oxygen atoms in total. The summed E-state index contributed by atoms with van der Waals surface area (Å²) in [5, 5.41) is 2.50. The van der Waals surface area contributed by atoms with Crippen molar-refractivity contribution in [2.75, 3.05) is 11.9 Å². The van der Waals surface area contributed by atoms with Crippen LogP contribution in [0.25, 0.3) is 0 Å². The second-order valence-corrected chi connectivity index (χ2v) is 4.48. The Labute approximate surface area is 117 Å². The molecule has 0 bridgehead atoms. The molecule has 3 N–H and O–H groups in total. The Morgan fingerprint density at radius 3 is 2.94 bits per heavy atom. The van der Waals surface area contributed by atoms with Crippen LogP contribution in [0.2, 0.25) is 5.15 Å². The number of anilines is 1. The standard InChI is InChI=1S/C10H11BrClN3O3/c1-2-18-10(17)7(13)9(16)15-6-3-5(11)4-14-8(6)12/h3-4,7H,2,13H2,1H3,(H,15,16). The number of aromatic nitrogens is 1. The summed E-state index contributed by atoms with van der Waals surface area (Å²) in [4.78, 5) is 26.7. The first kappa shape index (κ1) is 14.9. The number of nitrogens with one attached hydrogen (secondary N) is 1. The summed E-state index contributed by atoms with van der Waals surface area (Å²) < 4.78 is 5.27. The normalized spacial score (nSPS) is 11.8. The van der Waals surface area contributed by atoms with Gasteiger partial charge in [0.15, 0.2) is 11.2 Å². The number of carbonyl (C=O) groups is 2. The second kappa shape index (κ2) is 6.67. The van der Waals surface area contributed by atoms with Crippen LogP contribution in [0.15, 0.2) is 16.7 Å². The largest absolute Gasteiger partial charge is 0.464 e. The van der Waals surface area contributed by atoms with Crippen molar-refractivity contribution in [2.45, 2.75) is 13.0 Å². The van der Waals surface area contributed by atoms with Crippen LogP contribution in [0.1, 0.15) is 6.92 Å². The molecule has 8 heteroatoms. The summed E-state index contributed by atoms with van der Waals surface area (Å²) >= 11 is 8.96. The van der Waals surface area contributed by atoms with Crippen LogP contribution >= 0.6 is 27.5 Å². The predicted octanol–water partition coefficient (Wildman–Crippen LogP) is 1.33. The summed E-state index contributed by atoms with van der Waals surface area (Å²) in [6, 6.07) is 0.144. The first-order valence-electron chi connectivity index (χ1n) is 4.99. The topological polar surface area (TPSA) is 94.3 Å². The van der Waals surface area contributed by atoms with Gasteiger partial charge in [0.25, 0.3) is 5.91 Å². The predicted molar refractivity (Wildman–Crippen MR) is 70.2 cm³/mol. The molecule has 0 aromatic carbocycles. The average Bonchev–Trinajstić information content (AvgIpc) is 2.33. The van der Waals surface area contributed by atoms with E-state index >= 15 is 0 Å². The van der Waals surface area contributed by atoms with Crippen molar-refractivity contribution < 1.29 is 14.3 Å². The number of esters is 1. The van der Waals surface area contributed by atoms with E-state index in [0.29, 0.717) is 4.47 Å². The van der Waals surface area contributed by atoms with Crippen molar-refractivity contribution in [3.63, 3.8) is 0 Å². The van der Waals surface area contributed by atoms with Gasteiger partial charge < -0.3 is 15.8 Å². The molecule has 0 aliphatic heterocycles. The van der Waals surface area contributed by atoms with Gasteiger partial charge in [-0.05, 0) is 28.9 Å². The van der Waals surface area contributed by atoms with E-state index in [0.717, 1.165) is 0 Å². The number of rotatable bonds is 4. The molecular formula is C10H11BrClN3O3. The zero-order valence-electron chi connectivity index (χ0n) is 9.44. The third-order valence-electron chi connectivity index (χ3n) is 1.89. The molecule has 0 saturated carbocycles. The lowest BCUT2D eigenvalue weighted by Crippen LogP contribution is -2.43. The van der Waals surface area contributed by atoms with Gasteiger partial charge in [-0.25, -0.2) is 9.78 Å². The molecule has 1 unspecified atom stereocenters. The molecule has 0 aliphatic carbocycles. The van der Waals surface area contributed by atoms with Gasteiger partial charge >= 0.3 is 5.97 Å².